The molecular weight excluding hydrogens is 422 g/mol. The molecule has 0 radical (unpaired) electrons. The van der Waals surface area contributed by atoms with E-state index < -0.39 is 6.10 Å². The highest BCUT2D eigenvalue weighted by Gasteiger charge is 2.46. The standard InChI is InChI=1S/C25H29N3O5/c29-14-22-25-20(11-18(32-22)12-23(30)27-13-17-3-1-2-8-26-17)19-10-16(6-7-21(19)33-25)28-24(31)9-15-4-5-15/h1-3,6-8,10,15,18,20,22,25,29H,4-5,9,11-14H2,(H,27,30)(H,28,31)/t18-,20-,22+,25+/m0/s1. The zero-order valence-corrected chi connectivity index (χ0v) is 18.4. The SMILES string of the molecule is O=C(C[C@@H]1C[C@H]2c3cc(NC(=O)CC4CC4)ccc3O[C@H]2[C@@H](CO)O1)NCc1ccccn1. The molecule has 1 saturated carbocycles. The van der Waals surface area contributed by atoms with E-state index in [0.29, 0.717) is 25.3 Å². The van der Waals surface area contributed by atoms with Crippen LogP contribution in [0.1, 0.15) is 49.3 Å². The number of fused-ring (bicyclic) bond motifs is 3. The number of aromatic nitrogens is 1. The van der Waals surface area contributed by atoms with Gasteiger partial charge in [0.05, 0.1) is 31.4 Å². The van der Waals surface area contributed by atoms with Gasteiger partial charge in [-0.1, -0.05) is 6.07 Å². The summed E-state index contributed by atoms with van der Waals surface area (Å²) in [7, 11) is 0. The summed E-state index contributed by atoms with van der Waals surface area (Å²) < 4.78 is 12.1. The highest BCUT2D eigenvalue weighted by Crippen LogP contribution is 2.47. The molecule has 0 spiro atoms. The van der Waals surface area contributed by atoms with Crippen LogP contribution in [0.4, 0.5) is 5.69 Å². The number of rotatable bonds is 8. The number of hydrogen-bond donors (Lipinski definition) is 3. The third kappa shape index (κ3) is 5.17. The molecule has 2 aromatic rings. The van der Waals surface area contributed by atoms with E-state index in [1.54, 1.807) is 6.20 Å². The van der Waals surface area contributed by atoms with E-state index in [1.165, 1.54) is 0 Å². The fourth-order valence-corrected chi connectivity index (χ4v) is 4.73. The van der Waals surface area contributed by atoms with Gasteiger partial charge in [0, 0.05) is 29.8 Å². The predicted molar refractivity (Wildman–Crippen MR) is 121 cm³/mol. The number of hydrogen-bond acceptors (Lipinski definition) is 6. The lowest BCUT2D eigenvalue weighted by atomic mass is 9.84. The summed E-state index contributed by atoms with van der Waals surface area (Å²) >= 11 is 0. The van der Waals surface area contributed by atoms with Crippen LogP contribution in [0.3, 0.4) is 0 Å². The summed E-state index contributed by atoms with van der Waals surface area (Å²) in [6.45, 7) is 0.171. The summed E-state index contributed by atoms with van der Waals surface area (Å²) in [6, 6.07) is 11.2. The Morgan fingerprint density at radius 1 is 1.12 bits per heavy atom. The Labute approximate surface area is 192 Å². The average Bonchev–Trinajstić information content (AvgIpc) is 3.56. The zero-order valence-electron chi connectivity index (χ0n) is 18.4. The van der Waals surface area contributed by atoms with Gasteiger partial charge in [-0.3, -0.25) is 14.6 Å². The van der Waals surface area contributed by atoms with Crippen LogP contribution in [0.25, 0.3) is 0 Å². The molecule has 5 rings (SSSR count). The van der Waals surface area contributed by atoms with Crippen LogP contribution >= 0.6 is 0 Å². The molecule has 8 heteroatoms. The van der Waals surface area contributed by atoms with Gasteiger partial charge in [0.25, 0.3) is 0 Å². The minimum absolute atomic E-state index is 0.0141. The summed E-state index contributed by atoms with van der Waals surface area (Å²) in [4.78, 5) is 29.0. The molecule has 3 N–H and O–H groups in total. The van der Waals surface area contributed by atoms with Gasteiger partial charge in [-0.25, -0.2) is 0 Å². The van der Waals surface area contributed by atoms with Crippen LogP contribution < -0.4 is 15.4 Å². The molecule has 4 atom stereocenters. The average molecular weight is 452 g/mol. The quantitative estimate of drug-likeness (QED) is 0.569. The third-order valence-electron chi connectivity index (χ3n) is 6.56. The molecule has 0 unspecified atom stereocenters. The third-order valence-corrected chi connectivity index (χ3v) is 6.56. The number of nitrogens with one attached hydrogen (secondary N) is 2. The number of carbonyl (C=O) groups excluding carboxylic acids is 2. The minimum atomic E-state index is -0.516. The van der Waals surface area contributed by atoms with Gasteiger partial charge in [0.15, 0.2) is 0 Å². The monoisotopic (exact) mass is 451 g/mol. The Morgan fingerprint density at radius 3 is 2.76 bits per heavy atom. The van der Waals surface area contributed by atoms with Gasteiger partial charge in [0.2, 0.25) is 11.8 Å². The van der Waals surface area contributed by atoms with Crippen LogP contribution in [0.15, 0.2) is 42.6 Å². The number of ether oxygens (including phenoxy) is 2. The van der Waals surface area contributed by atoms with Crippen LogP contribution in [0, 0.1) is 5.92 Å². The van der Waals surface area contributed by atoms with E-state index in [9.17, 15) is 14.7 Å². The molecule has 3 aliphatic rings. The van der Waals surface area contributed by atoms with Crippen molar-refractivity contribution >= 4 is 17.5 Å². The Kier molecular flexibility index (Phi) is 6.28. The lowest BCUT2D eigenvalue weighted by molar-refractivity contribution is -0.142. The van der Waals surface area contributed by atoms with Crippen molar-refractivity contribution in [3.63, 3.8) is 0 Å². The van der Waals surface area contributed by atoms with Gasteiger partial charge in [-0.05, 0) is 55.5 Å². The highest BCUT2D eigenvalue weighted by atomic mass is 16.6. The van der Waals surface area contributed by atoms with Crippen LogP contribution in [0.2, 0.25) is 0 Å². The first-order valence-corrected chi connectivity index (χ1v) is 11.6. The van der Waals surface area contributed by atoms with Crippen molar-refractivity contribution in [1.29, 1.82) is 0 Å². The van der Waals surface area contributed by atoms with Crippen LogP contribution in [-0.4, -0.2) is 46.8 Å². The number of pyridine rings is 1. The molecule has 3 heterocycles. The van der Waals surface area contributed by atoms with Gasteiger partial charge < -0.3 is 25.2 Å². The zero-order chi connectivity index (χ0) is 22.8. The highest BCUT2D eigenvalue weighted by molar-refractivity contribution is 5.91. The number of carbonyl (C=O) groups is 2. The largest absolute Gasteiger partial charge is 0.487 e. The normalized spacial score (nSPS) is 25.5. The molecule has 174 valence electrons. The second-order valence-electron chi connectivity index (χ2n) is 9.15. The number of aliphatic hydroxyl groups is 1. The Morgan fingerprint density at radius 2 is 2.00 bits per heavy atom. The maximum Gasteiger partial charge on any atom is 0.224 e. The molecule has 2 aliphatic heterocycles. The molecule has 2 fully saturated rings. The van der Waals surface area contributed by atoms with E-state index in [-0.39, 0.29) is 43.0 Å². The van der Waals surface area contributed by atoms with Crippen LogP contribution in [0.5, 0.6) is 5.75 Å². The van der Waals surface area contributed by atoms with Gasteiger partial charge in [-0.2, -0.15) is 0 Å². The maximum atomic E-state index is 12.5. The molecule has 0 bridgehead atoms. The second-order valence-corrected chi connectivity index (χ2v) is 9.15. The molecule has 1 aromatic carbocycles. The van der Waals surface area contributed by atoms with Gasteiger partial charge in [-0.15, -0.1) is 0 Å². The van der Waals surface area contributed by atoms with E-state index in [2.05, 4.69) is 15.6 Å². The Hall–Kier alpha value is -2.97. The molecule has 33 heavy (non-hydrogen) atoms. The topological polar surface area (TPSA) is 110 Å². The van der Waals surface area contributed by atoms with Crippen molar-refractivity contribution in [2.24, 2.45) is 5.92 Å². The van der Waals surface area contributed by atoms with Crippen LogP contribution in [-0.2, 0) is 20.9 Å². The molecule has 1 aliphatic carbocycles. The molecular formula is C25H29N3O5. The molecule has 8 nitrogen and oxygen atoms in total. The number of aliphatic hydroxyl groups excluding tert-OH is 1. The maximum absolute atomic E-state index is 12.5. The number of nitrogens with zero attached hydrogens (tertiary/aromatic N) is 1. The minimum Gasteiger partial charge on any atom is -0.487 e. The summed E-state index contributed by atoms with van der Waals surface area (Å²) in [6.07, 6.45) is 4.16. The van der Waals surface area contributed by atoms with Crippen molar-refractivity contribution < 1.29 is 24.2 Å². The van der Waals surface area contributed by atoms with Crippen molar-refractivity contribution in [3.05, 3.63) is 53.9 Å². The second kappa shape index (κ2) is 9.49. The summed E-state index contributed by atoms with van der Waals surface area (Å²) in [5, 5.41) is 15.8. The molecule has 1 aromatic heterocycles. The van der Waals surface area contributed by atoms with Crippen molar-refractivity contribution in [2.75, 3.05) is 11.9 Å². The van der Waals surface area contributed by atoms with Crippen molar-refractivity contribution in [3.8, 4) is 5.75 Å². The van der Waals surface area contributed by atoms with Crippen molar-refractivity contribution in [1.82, 2.24) is 10.3 Å². The van der Waals surface area contributed by atoms with E-state index in [0.717, 1.165) is 35.5 Å². The lowest BCUT2D eigenvalue weighted by Crippen LogP contribution is -2.47. The van der Waals surface area contributed by atoms with E-state index in [4.69, 9.17) is 9.47 Å². The Balaban J connectivity index is 1.24. The first-order valence-electron chi connectivity index (χ1n) is 11.6. The Bertz CT molecular complexity index is 1010. The molecule has 2 amide bonds. The van der Waals surface area contributed by atoms with E-state index in [1.807, 2.05) is 36.4 Å². The predicted octanol–water partition coefficient (Wildman–Crippen LogP) is 2.52. The fraction of sp³-hybridized carbons (Fsp3) is 0.480. The fourth-order valence-electron chi connectivity index (χ4n) is 4.73. The summed E-state index contributed by atoms with van der Waals surface area (Å²) in [5.41, 5.74) is 2.53. The van der Waals surface area contributed by atoms with Gasteiger partial charge >= 0.3 is 0 Å². The first-order chi connectivity index (χ1) is 16.1. The van der Waals surface area contributed by atoms with Crippen molar-refractivity contribution in [2.45, 2.75) is 62.9 Å². The summed E-state index contributed by atoms with van der Waals surface area (Å²) in [5.74, 6) is 1.17. The number of benzene rings is 1. The lowest BCUT2D eigenvalue weighted by Gasteiger charge is -2.37. The smallest absolute Gasteiger partial charge is 0.224 e. The van der Waals surface area contributed by atoms with E-state index >= 15 is 0 Å². The number of anilines is 1. The van der Waals surface area contributed by atoms with Gasteiger partial charge in [0.1, 0.15) is 18.0 Å². The number of amides is 2. The molecule has 1 saturated heterocycles. The first kappa shape index (κ1) is 21.9.